The molecule has 9 heteroatoms. The molecule has 0 saturated heterocycles. The Bertz CT molecular complexity index is 824. The lowest BCUT2D eigenvalue weighted by molar-refractivity contribution is -0.135. The molecule has 1 aliphatic rings. The van der Waals surface area contributed by atoms with Crippen molar-refractivity contribution in [3.05, 3.63) is 24.3 Å². The zero-order valence-corrected chi connectivity index (χ0v) is 30.7. The molecule has 1 fully saturated rings. The second-order valence-electron chi connectivity index (χ2n) is 14.0. The molecule has 0 aromatic heterocycles. The predicted molar refractivity (Wildman–Crippen MR) is 177 cm³/mol. The van der Waals surface area contributed by atoms with Crippen LogP contribution in [0.1, 0.15) is 71.6 Å². The molecule has 40 heavy (non-hydrogen) atoms. The largest absolute Gasteiger partial charge is 0.520 e. The van der Waals surface area contributed by atoms with Gasteiger partial charge in [0.05, 0.1) is 17.9 Å². The van der Waals surface area contributed by atoms with Gasteiger partial charge in [-0.1, -0.05) is 55.6 Å². The van der Waals surface area contributed by atoms with Crippen LogP contribution in [0.15, 0.2) is 29.5 Å². The van der Waals surface area contributed by atoms with Crippen molar-refractivity contribution in [2.45, 2.75) is 143 Å². The monoisotopic (exact) mass is 611 g/mol. The van der Waals surface area contributed by atoms with Gasteiger partial charge in [0.1, 0.15) is 6.61 Å². The van der Waals surface area contributed by atoms with Crippen LogP contribution in [0.3, 0.4) is 0 Å². The highest BCUT2D eigenvalue weighted by molar-refractivity contribution is 6.71. The third kappa shape index (κ3) is 17.1. The van der Waals surface area contributed by atoms with Crippen LogP contribution in [-0.2, 0) is 22.9 Å². The number of carbonyl (C=O) groups is 1. The van der Waals surface area contributed by atoms with E-state index < -0.39 is 25.0 Å². The zero-order valence-electron chi connectivity index (χ0n) is 27.7. The first-order valence-electron chi connectivity index (χ1n) is 15.6. The van der Waals surface area contributed by atoms with Gasteiger partial charge in [-0.05, 0) is 91.5 Å². The first-order valence-corrected chi connectivity index (χ1v) is 25.9. The summed E-state index contributed by atoms with van der Waals surface area (Å²) in [6.45, 7) is 24.5. The summed E-state index contributed by atoms with van der Waals surface area (Å²) in [6, 6.07) is 0. The molecule has 1 rings (SSSR count). The Morgan fingerprint density at radius 3 is 2.23 bits per heavy atom. The number of rotatable bonds is 19. The van der Waals surface area contributed by atoms with Crippen LogP contribution >= 0.6 is 0 Å². The third-order valence-corrected chi connectivity index (χ3v) is 9.28. The molecule has 6 nitrogen and oxygen atoms in total. The van der Waals surface area contributed by atoms with Gasteiger partial charge < -0.3 is 18.1 Å². The van der Waals surface area contributed by atoms with Crippen molar-refractivity contribution in [2.75, 3.05) is 6.61 Å². The van der Waals surface area contributed by atoms with E-state index in [2.05, 4.69) is 75.7 Å². The van der Waals surface area contributed by atoms with E-state index in [9.17, 15) is 4.79 Å². The van der Waals surface area contributed by atoms with Gasteiger partial charge in [-0.25, -0.2) is 0 Å². The molecule has 1 aliphatic carbocycles. The predicted octanol–water partition coefficient (Wildman–Crippen LogP) is 9.09. The first-order chi connectivity index (χ1) is 18.5. The van der Waals surface area contributed by atoms with Crippen molar-refractivity contribution < 1.29 is 22.9 Å². The van der Waals surface area contributed by atoms with E-state index in [0.717, 1.165) is 37.8 Å². The molecule has 0 aliphatic heterocycles. The summed E-state index contributed by atoms with van der Waals surface area (Å²) in [7, 11) is -5.26. The second kappa shape index (κ2) is 17.8. The SMILES string of the molecule is CCCCC[C@@H](/C=C/[C@@H]1[C@H](C/C=C\CCCC(=O)O[Si](C)(C)C)/C(=N/OCC)C[C@H]1O[Si](C)(C)C)O[Si](C)(C)C. The van der Waals surface area contributed by atoms with Crippen LogP contribution in [0.25, 0.3) is 0 Å². The number of hydrogen-bond acceptors (Lipinski definition) is 6. The number of oxime groups is 1. The maximum absolute atomic E-state index is 12.1. The van der Waals surface area contributed by atoms with Crippen molar-refractivity contribution in [3.8, 4) is 0 Å². The van der Waals surface area contributed by atoms with E-state index in [4.69, 9.17) is 18.1 Å². The Morgan fingerprint density at radius 2 is 1.65 bits per heavy atom. The van der Waals surface area contributed by atoms with Crippen molar-refractivity contribution in [1.82, 2.24) is 0 Å². The Kier molecular flexibility index (Phi) is 16.5. The summed E-state index contributed by atoms with van der Waals surface area (Å²) >= 11 is 0. The van der Waals surface area contributed by atoms with E-state index in [1.807, 2.05) is 26.6 Å². The summed E-state index contributed by atoms with van der Waals surface area (Å²) in [5.74, 6) is 0.377. The quantitative estimate of drug-likeness (QED) is 0.0631. The standard InChI is InChI=1S/C31H61NO5Si3/c1-12-14-17-20-26(35-38(3,4)5)23-24-28-27(21-18-15-16-19-22-31(33)37-40(9,10)11)29(32-34-13-2)25-30(28)36-39(6,7)8/h15,18,23-24,26-28,30H,12-14,16-17,19-22,25H2,1-11H3/b18-15-,24-23+,32-29+/t26-,27-,28+,30+/m0/s1. The highest BCUT2D eigenvalue weighted by atomic mass is 28.4. The molecule has 0 aromatic rings. The fourth-order valence-corrected chi connectivity index (χ4v) is 8.01. The molecule has 0 amide bonds. The maximum atomic E-state index is 12.1. The van der Waals surface area contributed by atoms with Crippen molar-refractivity contribution in [1.29, 1.82) is 0 Å². The molecule has 232 valence electrons. The van der Waals surface area contributed by atoms with Gasteiger partial charge in [-0.2, -0.15) is 0 Å². The minimum absolute atomic E-state index is 0.0694. The molecule has 0 spiro atoms. The van der Waals surface area contributed by atoms with E-state index in [1.54, 1.807) is 0 Å². The maximum Gasteiger partial charge on any atom is 0.292 e. The highest BCUT2D eigenvalue weighted by Gasteiger charge is 2.42. The van der Waals surface area contributed by atoms with E-state index in [1.165, 1.54) is 19.3 Å². The van der Waals surface area contributed by atoms with Gasteiger partial charge in [-0.15, -0.1) is 0 Å². The van der Waals surface area contributed by atoms with Crippen LogP contribution in [0.2, 0.25) is 58.9 Å². The van der Waals surface area contributed by atoms with Crippen LogP contribution in [0.5, 0.6) is 0 Å². The van der Waals surface area contributed by atoms with Crippen molar-refractivity contribution in [2.24, 2.45) is 17.0 Å². The molecule has 0 aromatic carbocycles. The molecule has 0 bridgehead atoms. The van der Waals surface area contributed by atoms with E-state index in [-0.39, 0.29) is 30.0 Å². The Labute approximate surface area is 249 Å². The van der Waals surface area contributed by atoms with Crippen LogP contribution in [0, 0.1) is 11.8 Å². The molecule has 0 unspecified atom stereocenters. The van der Waals surface area contributed by atoms with Crippen molar-refractivity contribution >= 4 is 36.6 Å². The molecule has 0 heterocycles. The average Bonchev–Trinajstić information content (AvgIpc) is 3.10. The van der Waals surface area contributed by atoms with Crippen LogP contribution in [-0.4, -0.2) is 55.4 Å². The number of carbonyl (C=O) groups excluding carboxylic acids is 1. The number of unbranched alkanes of at least 4 members (excludes halogenated alkanes) is 3. The van der Waals surface area contributed by atoms with Crippen LogP contribution < -0.4 is 0 Å². The lowest BCUT2D eigenvalue weighted by Crippen LogP contribution is -2.35. The van der Waals surface area contributed by atoms with Gasteiger partial charge in [-0.3, -0.25) is 4.79 Å². The molecule has 4 atom stereocenters. The highest BCUT2D eigenvalue weighted by Crippen LogP contribution is 2.38. The van der Waals surface area contributed by atoms with Gasteiger partial charge in [0.25, 0.3) is 5.97 Å². The molecule has 0 N–H and O–H groups in total. The summed E-state index contributed by atoms with van der Waals surface area (Å²) in [4.78, 5) is 17.6. The molecule has 0 radical (unpaired) electrons. The Hall–Kier alpha value is -1.01. The Balaban J connectivity index is 3.08. The van der Waals surface area contributed by atoms with Gasteiger partial charge in [0.15, 0.2) is 16.6 Å². The fourth-order valence-electron chi connectivity index (χ4n) is 4.97. The number of hydrogen-bond donors (Lipinski definition) is 0. The van der Waals surface area contributed by atoms with E-state index >= 15 is 0 Å². The number of nitrogens with zero attached hydrogens (tertiary/aromatic N) is 1. The molecular weight excluding hydrogens is 551 g/mol. The van der Waals surface area contributed by atoms with Gasteiger partial charge in [0, 0.05) is 24.7 Å². The average molecular weight is 612 g/mol. The second-order valence-corrected chi connectivity index (χ2v) is 27.3. The van der Waals surface area contributed by atoms with Crippen LogP contribution in [0.4, 0.5) is 0 Å². The molecular formula is C31H61NO5Si3. The van der Waals surface area contributed by atoms with E-state index in [0.29, 0.717) is 13.0 Å². The summed E-state index contributed by atoms with van der Waals surface area (Å²) < 4.78 is 18.9. The van der Waals surface area contributed by atoms with Gasteiger partial charge in [0.2, 0.25) is 8.32 Å². The smallest absolute Gasteiger partial charge is 0.292 e. The normalized spacial score (nSPS) is 22.5. The minimum atomic E-state index is -1.82. The zero-order chi connectivity index (χ0) is 30.4. The summed E-state index contributed by atoms with van der Waals surface area (Å²) in [5, 5.41) is 4.58. The first kappa shape index (κ1) is 37.0. The lowest BCUT2D eigenvalue weighted by Gasteiger charge is -2.29. The molecule has 1 saturated carbocycles. The lowest BCUT2D eigenvalue weighted by atomic mass is 9.89. The Morgan fingerprint density at radius 1 is 0.950 bits per heavy atom. The fraction of sp³-hybridized carbons (Fsp3) is 0.806. The third-order valence-electron chi connectivity index (χ3n) is 6.42. The summed E-state index contributed by atoms with van der Waals surface area (Å²) in [5.41, 5.74) is 1.09. The summed E-state index contributed by atoms with van der Waals surface area (Å²) in [6.07, 6.45) is 17.9. The minimum Gasteiger partial charge on any atom is -0.520 e. The van der Waals surface area contributed by atoms with Gasteiger partial charge >= 0.3 is 0 Å². The number of allylic oxidation sites excluding steroid dienone is 2. The topological polar surface area (TPSA) is 66.4 Å². The van der Waals surface area contributed by atoms with Crippen molar-refractivity contribution in [3.63, 3.8) is 0 Å².